The van der Waals surface area contributed by atoms with Crippen LogP contribution in [-0.4, -0.2) is 21.8 Å². The lowest BCUT2D eigenvalue weighted by atomic mass is 10.2. The Labute approximate surface area is 141 Å². The second-order valence-corrected chi connectivity index (χ2v) is 4.97. The summed E-state index contributed by atoms with van der Waals surface area (Å²) >= 11 is 0. The largest absolute Gasteiger partial charge is 0.495 e. The first-order valence-corrected chi connectivity index (χ1v) is 7.29. The lowest BCUT2D eigenvalue weighted by Gasteiger charge is -2.12. The van der Waals surface area contributed by atoms with Crippen molar-refractivity contribution in [2.24, 2.45) is 0 Å². The molecule has 7 nitrogen and oxygen atoms in total. The quantitative estimate of drug-likeness (QED) is 0.711. The van der Waals surface area contributed by atoms with Crippen LogP contribution in [0.1, 0.15) is 11.3 Å². The van der Waals surface area contributed by atoms with Crippen LogP contribution in [0.15, 0.2) is 62.4 Å². The van der Waals surface area contributed by atoms with Gasteiger partial charge in [-0.15, -0.1) is 5.73 Å². The Bertz CT molecular complexity index is 1070. The Hall–Kier alpha value is -3.70. The molecule has 126 valence electrons. The highest BCUT2D eigenvalue weighted by molar-refractivity contribution is 5.60. The van der Waals surface area contributed by atoms with Crippen LogP contribution < -0.4 is 16.0 Å². The van der Waals surface area contributed by atoms with Crippen molar-refractivity contribution in [1.82, 2.24) is 9.55 Å². The summed E-state index contributed by atoms with van der Waals surface area (Å²) in [6, 6.07) is 10.0. The molecule has 0 unspecified atom stereocenters. The molecule has 0 radical (unpaired) electrons. The van der Waals surface area contributed by atoms with E-state index in [0.29, 0.717) is 17.2 Å². The van der Waals surface area contributed by atoms with Crippen molar-refractivity contribution in [3.05, 3.63) is 80.6 Å². The average molecular weight is 338 g/mol. The Balaban J connectivity index is 2.18. The van der Waals surface area contributed by atoms with E-state index in [4.69, 9.17) is 9.15 Å². The number of hydrogen-bond acceptors (Lipinski definition) is 5. The third kappa shape index (κ3) is 3.17. The van der Waals surface area contributed by atoms with Crippen LogP contribution in [0.3, 0.4) is 0 Å². The number of benzene rings is 1. The van der Waals surface area contributed by atoms with Gasteiger partial charge in [0, 0.05) is 6.08 Å². The lowest BCUT2D eigenvalue weighted by molar-refractivity contribution is 0.401. The second kappa shape index (κ2) is 6.82. The van der Waals surface area contributed by atoms with Crippen LogP contribution in [0.25, 0.3) is 17.8 Å². The molecule has 0 fully saturated rings. The number of rotatable bonds is 4. The van der Waals surface area contributed by atoms with E-state index in [0.717, 1.165) is 4.57 Å². The number of para-hydroxylation sites is 2. The molecule has 0 saturated heterocycles. The van der Waals surface area contributed by atoms with E-state index >= 15 is 0 Å². The van der Waals surface area contributed by atoms with Crippen LogP contribution in [-0.2, 0) is 0 Å². The molecule has 0 aliphatic heterocycles. The first kappa shape index (κ1) is 16.2. The zero-order valence-corrected chi connectivity index (χ0v) is 13.2. The van der Waals surface area contributed by atoms with Gasteiger partial charge < -0.3 is 14.3 Å². The van der Waals surface area contributed by atoms with Gasteiger partial charge in [-0.1, -0.05) is 12.1 Å². The highest BCUT2D eigenvalue weighted by Crippen LogP contribution is 2.25. The summed E-state index contributed by atoms with van der Waals surface area (Å²) in [4.78, 5) is 26.4. The molecular weight excluding hydrogens is 324 g/mol. The molecule has 2 aromatic heterocycles. The summed E-state index contributed by atoms with van der Waals surface area (Å²) in [6.45, 7) is 0. The number of ether oxygens (including phenoxy) is 1. The lowest BCUT2D eigenvalue weighted by Crippen LogP contribution is -2.30. The molecule has 25 heavy (non-hydrogen) atoms. The fourth-order valence-electron chi connectivity index (χ4n) is 2.29. The minimum atomic E-state index is -0.779. The van der Waals surface area contributed by atoms with E-state index in [1.165, 1.54) is 25.5 Å². The summed E-state index contributed by atoms with van der Waals surface area (Å²) in [7, 11) is 1.44. The maximum absolute atomic E-state index is 12.2. The molecule has 0 atom stereocenters. The van der Waals surface area contributed by atoms with Gasteiger partial charge in [0.25, 0.3) is 5.56 Å². The molecular formula is C18H14N2O5. The summed E-state index contributed by atoms with van der Waals surface area (Å²) in [5.74, 6) is 0.386. The molecule has 1 aromatic carbocycles. The van der Waals surface area contributed by atoms with Crippen molar-refractivity contribution >= 4 is 12.2 Å². The molecule has 0 bridgehead atoms. The molecule has 3 aromatic rings. The Morgan fingerprint density at radius 3 is 2.72 bits per heavy atom. The van der Waals surface area contributed by atoms with Crippen LogP contribution in [0.5, 0.6) is 11.6 Å². The topological polar surface area (TPSA) is 97.5 Å². The van der Waals surface area contributed by atoms with Crippen molar-refractivity contribution in [2.45, 2.75) is 0 Å². The van der Waals surface area contributed by atoms with Crippen molar-refractivity contribution in [3.63, 3.8) is 0 Å². The summed E-state index contributed by atoms with van der Waals surface area (Å²) in [5, 5.41) is 10.5. The second-order valence-electron chi connectivity index (χ2n) is 4.97. The van der Waals surface area contributed by atoms with E-state index < -0.39 is 17.1 Å². The van der Waals surface area contributed by atoms with E-state index in [2.05, 4.69) is 10.7 Å². The average Bonchev–Trinajstić information content (AvgIpc) is 3.11. The number of methoxy groups -OCH3 is 1. The van der Waals surface area contributed by atoms with Gasteiger partial charge >= 0.3 is 5.69 Å². The Morgan fingerprint density at radius 2 is 2.00 bits per heavy atom. The predicted molar refractivity (Wildman–Crippen MR) is 92.0 cm³/mol. The summed E-state index contributed by atoms with van der Waals surface area (Å²) in [5.41, 5.74) is 1.42. The van der Waals surface area contributed by atoms with E-state index in [1.807, 2.05) is 0 Å². The third-order valence-corrected chi connectivity index (χ3v) is 3.44. The molecule has 2 heterocycles. The Morgan fingerprint density at radius 1 is 1.20 bits per heavy atom. The number of aromatic hydroxyl groups is 1. The molecule has 3 rings (SSSR count). The van der Waals surface area contributed by atoms with E-state index in [1.54, 1.807) is 36.4 Å². The smallest absolute Gasteiger partial charge is 0.335 e. The van der Waals surface area contributed by atoms with Crippen LogP contribution in [0.4, 0.5) is 0 Å². The van der Waals surface area contributed by atoms with Gasteiger partial charge in [-0.05, 0) is 30.3 Å². The van der Waals surface area contributed by atoms with Gasteiger partial charge in [0.05, 0.1) is 19.1 Å². The number of nitrogens with zero attached hydrogens (tertiary/aromatic N) is 1. The number of hydrogen-bond donors (Lipinski definition) is 2. The highest BCUT2D eigenvalue weighted by Gasteiger charge is 2.16. The van der Waals surface area contributed by atoms with Gasteiger partial charge in [0.2, 0.25) is 5.88 Å². The molecule has 0 spiro atoms. The molecule has 7 heteroatoms. The SMILES string of the molecule is COc1ccccc1-n1c(O)c(C=C=Cc2ccco2)c(=O)[nH]c1=O. The minimum Gasteiger partial charge on any atom is -0.495 e. The van der Waals surface area contributed by atoms with Crippen molar-refractivity contribution in [3.8, 4) is 17.3 Å². The molecule has 0 saturated carbocycles. The fraction of sp³-hybridized carbons (Fsp3) is 0.0556. The maximum Gasteiger partial charge on any atom is 0.335 e. The van der Waals surface area contributed by atoms with Crippen molar-refractivity contribution in [2.75, 3.05) is 7.11 Å². The minimum absolute atomic E-state index is 0.117. The number of nitrogens with one attached hydrogen (secondary N) is 1. The molecule has 0 aliphatic rings. The number of aromatic amines is 1. The molecule has 0 amide bonds. The standard InChI is InChI=1S/C18H14N2O5/c1-24-15-10-3-2-9-14(15)20-17(22)13(16(21)19-18(20)23)8-4-6-12-7-5-11-25-12/h2-3,5-11,22H,1H3,(H,19,21,23). The number of aromatic nitrogens is 2. The first-order valence-electron chi connectivity index (χ1n) is 7.29. The first-order chi connectivity index (χ1) is 12.1. The van der Waals surface area contributed by atoms with Crippen molar-refractivity contribution < 1.29 is 14.3 Å². The highest BCUT2D eigenvalue weighted by atomic mass is 16.5. The van der Waals surface area contributed by atoms with E-state index in [-0.39, 0.29) is 5.56 Å². The van der Waals surface area contributed by atoms with Gasteiger partial charge in [-0.3, -0.25) is 9.78 Å². The van der Waals surface area contributed by atoms with Gasteiger partial charge in [-0.2, -0.15) is 0 Å². The van der Waals surface area contributed by atoms with Crippen LogP contribution >= 0.6 is 0 Å². The molecule has 0 aliphatic carbocycles. The monoisotopic (exact) mass is 338 g/mol. The van der Waals surface area contributed by atoms with Crippen LogP contribution in [0, 0.1) is 0 Å². The van der Waals surface area contributed by atoms with Crippen LogP contribution in [0.2, 0.25) is 0 Å². The summed E-state index contributed by atoms with van der Waals surface area (Å²) < 4.78 is 11.3. The predicted octanol–water partition coefficient (Wildman–Crippen LogP) is 2.16. The third-order valence-electron chi connectivity index (χ3n) is 3.44. The Kier molecular flexibility index (Phi) is 4.41. The zero-order valence-electron chi connectivity index (χ0n) is 13.2. The maximum atomic E-state index is 12.2. The fourth-order valence-corrected chi connectivity index (χ4v) is 2.29. The zero-order chi connectivity index (χ0) is 17.8. The van der Waals surface area contributed by atoms with Gasteiger partial charge in [0.15, 0.2) is 0 Å². The van der Waals surface area contributed by atoms with E-state index in [9.17, 15) is 14.7 Å². The normalized spacial score (nSPS) is 10.1. The van der Waals surface area contributed by atoms with Gasteiger partial charge in [-0.25, -0.2) is 9.36 Å². The number of furan rings is 1. The number of H-pyrrole nitrogens is 1. The molecule has 2 N–H and O–H groups in total. The summed E-state index contributed by atoms with van der Waals surface area (Å²) in [6.07, 6.45) is 4.26. The van der Waals surface area contributed by atoms with Crippen molar-refractivity contribution in [1.29, 1.82) is 0 Å². The van der Waals surface area contributed by atoms with Gasteiger partial charge in [0.1, 0.15) is 17.1 Å².